The number of aromatic amines is 1. The molecule has 0 atom stereocenters. The van der Waals surface area contributed by atoms with Gasteiger partial charge in [-0.1, -0.05) is 91.7 Å². The lowest BCUT2D eigenvalue weighted by atomic mass is 9.98. The molecule has 0 aliphatic carbocycles. The van der Waals surface area contributed by atoms with E-state index in [1.54, 1.807) is 12.1 Å². The third kappa shape index (κ3) is 18.9. The molecule has 0 unspecified atom stereocenters. The van der Waals surface area contributed by atoms with Gasteiger partial charge in [0.2, 0.25) is 18.2 Å². The number of aryl methyl sites for hydroxylation is 2. The molecule has 6 aromatic carbocycles. The van der Waals surface area contributed by atoms with Crippen molar-refractivity contribution in [1.82, 2.24) is 35.2 Å². The van der Waals surface area contributed by atoms with Crippen LogP contribution in [0.3, 0.4) is 0 Å². The highest BCUT2D eigenvalue weighted by Crippen LogP contribution is 2.38. The zero-order chi connectivity index (χ0) is 56.8. The maximum atomic E-state index is 12.6. The molecule has 0 spiro atoms. The minimum atomic E-state index is -4.34. The number of carbonyl (C=O) groups is 3. The van der Waals surface area contributed by atoms with E-state index in [1.165, 1.54) is 22.8 Å². The summed E-state index contributed by atoms with van der Waals surface area (Å²) < 4.78 is 55.7. The fourth-order valence-electron chi connectivity index (χ4n) is 7.89. The van der Waals surface area contributed by atoms with Gasteiger partial charge in [0.25, 0.3) is 0 Å². The number of ether oxygens (including phenoxy) is 3. The van der Waals surface area contributed by atoms with Crippen LogP contribution < -0.4 is 21.1 Å². The Labute approximate surface area is 452 Å². The number of alkyl halides is 3. The van der Waals surface area contributed by atoms with E-state index in [-0.39, 0.29) is 35.7 Å². The van der Waals surface area contributed by atoms with Gasteiger partial charge in [-0.3, -0.25) is 14.4 Å². The minimum absolute atomic E-state index is 0.0195. The number of aromatic hydroxyl groups is 2. The van der Waals surface area contributed by atoms with Crippen molar-refractivity contribution >= 4 is 29.0 Å². The van der Waals surface area contributed by atoms with Gasteiger partial charge in [0.15, 0.2) is 5.82 Å². The van der Waals surface area contributed by atoms with Crippen molar-refractivity contribution in [2.24, 2.45) is 0 Å². The van der Waals surface area contributed by atoms with E-state index in [0.717, 1.165) is 58.2 Å². The highest BCUT2D eigenvalue weighted by molar-refractivity contribution is 5.89. The Morgan fingerprint density at radius 1 is 0.808 bits per heavy atom. The fourth-order valence-corrected chi connectivity index (χ4v) is 7.89. The van der Waals surface area contributed by atoms with E-state index >= 15 is 0 Å². The first-order chi connectivity index (χ1) is 37.3. The van der Waals surface area contributed by atoms with Gasteiger partial charge in [0.05, 0.1) is 56.1 Å². The molecule has 1 aromatic heterocycles. The average Bonchev–Trinajstić information content (AvgIpc) is 3.88. The topological polar surface area (TPSA) is 201 Å². The lowest BCUT2D eigenvalue weighted by Crippen LogP contribution is -2.37. The van der Waals surface area contributed by atoms with E-state index in [4.69, 9.17) is 14.2 Å². The largest absolute Gasteiger partial charge is 0.508 e. The number of carbonyl (C=O) groups excluding carboxylic acids is 3. The number of rotatable bonds is 23. The summed E-state index contributed by atoms with van der Waals surface area (Å²) in [4.78, 5) is 50.7. The number of hydrogen-bond acceptors (Lipinski definition) is 11. The number of H-pyrrole nitrogens is 1. The lowest BCUT2D eigenvalue weighted by Gasteiger charge is -2.22. The average molecular weight is 1080 g/mol. The summed E-state index contributed by atoms with van der Waals surface area (Å²) in [6.07, 6.45) is -3.05. The smallest absolute Gasteiger partial charge is 0.416 e. The zero-order valence-corrected chi connectivity index (χ0v) is 45.2. The van der Waals surface area contributed by atoms with Gasteiger partial charge < -0.3 is 44.9 Å². The molecule has 0 bridgehead atoms. The molecule has 7 rings (SSSR count). The number of likely N-dealkylation sites (N-methyl/N-ethyl adjacent to an activating group) is 2. The molecule has 0 fully saturated rings. The normalized spacial score (nSPS) is 11.1. The number of phenols is 2. The molecule has 5 N–H and O–H groups in total. The van der Waals surface area contributed by atoms with Crippen molar-refractivity contribution in [1.29, 1.82) is 0 Å². The van der Waals surface area contributed by atoms with E-state index in [2.05, 4.69) is 25.7 Å². The Bertz CT molecular complexity index is 3090. The Morgan fingerprint density at radius 3 is 2.15 bits per heavy atom. The monoisotopic (exact) mass is 1080 g/mol. The van der Waals surface area contributed by atoms with Crippen molar-refractivity contribution in [3.05, 3.63) is 165 Å². The molecule has 3 amide bonds. The van der Waals surface area contributed by atoms with Crippen LogP contribution in [0.4, 0.5) is 13.2 Å². The van der Waals surface area contributed by atoms with Crippen LogP contribution in [0.1, 0.15) is 66.5 Å². The number of hydrogen-bond donors (Lipinski definition) is 5. The molecule has 0 aliphatic rings. The van der Waals surface area contributed by atoms with Crippen LogP contribution in [-0.2, 0) is 43.0 Å². The zero-order valence-electron chi connectivity index (χ0n) is 45.2. The standard InChI is InChI=1S/C23H38N4O5.C18H13F3O.C18H19N3O3/c1-4-27(11-10-26(2)3)23(30)8-12-31-14-15-32-13-9-25-22(29)17-20-6-5-7-21(16-20)18-24-19-28;1-12-5-10-16-13(11-12)3-2-4-17(16)22-15-8-6-14(7-9-15)18(19,20)21;1-10(2)13-8-14(16(23)9-15(13)22)17-19-20-18(24)21(17)12-6-4-11(3)5-7-12/h5-7,16,19H,4,8-15,17-18H2,1-3H3,(H,24,28)(H,25,29);2-11H,1H3;4-10,22-23H,1-3H3,(H,20,24). The van der Waals surface area contributed by atoms with Crippen molar-refractivity contribution in [2.45, 2.75) is 66.1 Å². The lowest BCUT2D eigenvalue weighted by molar-refractivity contribution is -0.137. The summed E-state index contributed by atoms with van der Waals surface area (Å²) in [6.45, 7) is 14.5. The van der Waals surface area contributed by atoms with Crippen molar-refractivity contribution in [3.63, 3.8) is 0 Å². The second-order valence-electron chi connectivity index (χ2n) is 18.8. The van der Waals surface area contributed by atoms with E-state index < -0.39 is 17.4 Å². The van der Waals surface area contributed by atoms with Gasteiger partial charge in [0, 0.05) is 44.2 Å². The maximum absolute atomic E-state index is 12.6. The van der Waals surface area contributed by atoms with Crippen LogP contribution in [0, 0.1) is 13.8 Å². The van der Waals surface area contributed by atoms with Crippen LogP contribution in [0.2, 0.25) is 0 Å². The van der Waals surface area contributed by atoms with Crippen LogP contribution in [0.15, 0.2) is 126 Å². The highest BCUT2D eigenvalue weighted by Gasteiger charge is 2.30. The van der Waals surface area contributed by atoms with E-state index in [0.29, 0.717) is 93.0 Å². The molecule has 16 nitrogen and oxygen atoms in total. The second-order valence-corrected chi connectivity index (χ2v) is 18.8. The van der Waals surface area contributed by atoms with E-state index in [9.17, 15) is 42.6 Å². The molecule has 0 saturated heterocycles. The van der Waals surface area contributed by atoms with Crippen LogP contribution in [0.25, 0.3) is 27.8 Å². The molecule has 78 heavy (non-hydrogen) atoms. The summed E-state index contributed by atoms with van der Waals surface area (Å²) in [7, 11) is 3.98. The van der Waals surface area contributed by atoms with Crippen LogP contribution in [0.5, 0.6) is 23.0 Å². The first kappa shape index (κ1) is 60.9. The van der Waals surface area contributed by atoms with Gasteiger partial charge in [0.1, 0.15) is 23.0 Å². The van der Waals surface area contributed by atoms with Gasteiger partial charge >= 0.3 is 11.9 Å². The molecule has 1 heterocycles. The van der Waals surface area contributed by atoms with Crippen molar-refractivity contribution in [2.75, 3.05) is 66.7 Å². The van der Waals surface area contributed by atoms with Crippen LogP contribution in [-0.4, -0.2) is 120 Å². The Kier molecular flexibility index (Phi) is 23.5. The van der Waals surface area contributed by atoms with Gasteiger partial charge in [-0.05, 0) is 111 Å². The SMILES string of the molecule is CCN(CCN(C)C)C(=O)CCOCCOCCNC(=O)Cc1cccc(CNC=O)c1.Cc1ccc(-n2c(-c3cc(C(C)C)c(O)cc3O)n[nH]c2=O)cc1.Cc1ccc2c(Oc3ccc(C(F)(F)F)cc3)cccc2c1. The maximum Gasteiger partial charge on any atom is 0.416 e. The summed E-state index contributed by atoms with van der Waals surface area (Å²) in [5.41, 5.74) is 4.67. The Hall–Kier alpha value is -8.00. The number of phenolic OH excluding ortho intramolecular Hbond substituents is 2. The molecular weight excluding hydrogens is 1010 g/mol. The van der Waals surface area contributed by atoms with E-state index in [1.807, 2.05) is 132 Å². The number of fused-ring (bicyclic) bond motifs is 1. The second kappa shape index (κ2) is 30.1. The summed E-state index contributed by atoms with van der Waals surface area (Å²) >= 11 is 0. The molecule has 7 aromatic rings. The molecular formula is C59H70F3N7O9. The molecule has 0 radical (unpaired) electrons. The molecule has 0 saturated carbocycles. The Morgan fingerprint density at radius 2 is 1.49 bits per heavy atom. The van der Waals surface area contributed by atoms with Crippen molar-refractivity contribution in [3.8, 4) is 40.1 Å². The first-order valence-electron chi connectivity index (χ1n) is 25.5. The predicted molar refractivity (Wildman–Crippen MR) is 295 cm³/mol. The third-order valence-corrected chi connectivity index (χ3v) is 12.1. The first-order valence-corrected chi connectivity index (χ1v) is 25.5. The third-order valence-electron chi connectivity index (χ3n) is 12.1. The fraction of sp³-hybridized carbons (Fsp3) is 0.339. The summed E-state index contributed by atoms with van der Waals surface area (Å²) in [6, 6.07) is 34.2. The quantitative estimate of drug-likeness (QED) is 0.0302. The van der Waals surface area contributed by atoms with Crippen molar-refractivity contribution < 1.29 is 52.0 Å². The number of amides is 3. The highest BCUT2D eigenvalue weighted by atomic mass is 19.4. The molecule has 0 aliphatic heterocycles. The minimum Gasteiger partial charge on any atom is -0.508 e. The molecule has 416 valence electrons. The molecule has 19 heteroatoms. The van der Waals surface area contributed by atoms with Gasteiger partial charge in [-0.15, -0.1) is 0 Å². The number of nitrogens with zero attached hydrogens (tertiary/aromatic N) is 4. The van der Waals surface area contributed by atoms with Gasteiger partial charge in [-0.2, -0.15) is 18.3 Å². The number of aromatic nitrogens is 3. The summed E-state index contributed by atoms with van der Waals surface area (Å²) in [5.74, 6) is 1.25. The number of benzene rings is 6. The number of halogens is 3. The van der Waals surface area contributed by atoms with Crippen LogP contribution >= 0.6 is 0 Å². The number of nitrogens with one attached hydrogen (secondary N) is 3. The predicted octanol–water partition coefficient (Wildman–Crippen LogP) is 9.45. The Balaban J connectivity index is 0.000000219. The van der Waals surface area contributed by atoms with Gasteiger partial charge in [-0.25, -0.2) is 14.5 Å². The summed E-state index contributed by atoms with van der Waals surface area (Å²) in [5, 5.41) is 34.1.